The Morgan fingerprint density at radius 3 is 2.25 bits per heavy atom. The van der Waals surface area contributed by atoms with E-state index in [9.17, 15) is 0 Å². The molecule has 2 nitrogen and oxygen atoms in total. The van der Waals surface area contributed by atoms with E-state index in [-0.39, 0.29) is 0 Å². The molecule has 2 heteroatoms. The minimum atomic E-state index is 0.406. The van der Waals surface area contributed by atoms with Crippen LogP contribution in [0.4, 0.5) is 0 Å². The lowest BCUT2D eigenvalue weighted by Gasteiger charge is -2.38. The molecule has 114 valence electrons. The molecule has 0 aliphatic heterocycles. The van der Waals surface area contributed by atoms with Crippen molar-refractivity contribution in [2.75, 3.05) is 20.1 Å². The van der Waals surface area contributed by atoms with Crippen molar-refractivity contribution in [1.29, 1.82) is 0 Å². The van der Waals surface area contributed by atoms with Crippen LogP contribution in [0.5, 0.6) is 0 Å². The molecule has 1 N–H and O–H groups in total. The largest absolute Gasteiger partial charge is 0.309 e. The van der Waals surface area contributed by atoms with Crippen molar-refractivity contribution in [1.82, 2.24) is 10.2 Å². The normalized spacial score (nSPS) is 14.8. The number of nitrogens with zero attached hydrogens (tertiary/aromatic N) is 1. The fraction of sp³-hybridized carbons (Fsp3) is 0.667. The first-order valence-electron chi connectivity index (χ1n) is 8.10. The fourth-order valence-electron chi connectivity index (χ4n) is 3.02. The predicted molar refractivity (Wildman–Crippen MR) is 89.0 cm³/mol. The van der Waals surface area contributed by atoms with Gasteiger partial charge in [-0.05, 0) is 38.0 Å². The number of benzene rings is 1. The van der Waals surface area contributed by atoms with E-state index >= 15 is 0 Å². The summed E-state index contributed by atoms with van der Waals surface area (Å²) in [4.78, 5) is 2.54. The van der Waals surface area contributed by atoms with Crippen molar-refractivity contribution < 1.29 is 0 Å². The summed E-state index contributed by atoms with van der Waals surface area (Å²) in [5.74, 6) is 0.626. The van der Waals surface area contributed by atoms with Gasteiger partial charge in [0.05, 0.1) is 0 Å². The number of rotatable bonds is 9. The molecule has 1 aromatic rings. The summed E-state index contributed by atoms with van der Waals surface area (Å²) < 4.78 is 0. The summed E-state index contributed by atoms with van der Waals surface area (Å²) in [7, 11) is 2.27. The Kier molecular flexibility index (Phi) is 7.86. The Bertz CT molecular complexity index is 348. The summed E-state index contributed by atoms with van der Waals surface area (Å²) in [5.41, 5.74) is 1.40. The third kappa shape index (κ3) is 4.92. The maximum atomic E-state index is 3.70. The SMILES string of the molecule is CCCCN(C)C(C(C)C)C(NCC)c1ccccc1. The zero-order valence-electron chi connectivity index (χ0n) is 13.9. The van der Waals surface area contributed by atoms with Gasteiger partial charge in [-0.15, -0.1) is 0 Å². The minimum absolute atomic E-state index is 0.406. The zero-order valence-corrected chi connectivity index (χ0v) is 13.9. The predicted octanol–water partition coefficient (Wildman–Crippen LogP) is 4.09. The van der Waals surface area contributed by atoms with Gasteiger partial charge in [0.15, 0.2) is 0 Å². The molecule has 1 aromatic carbocycles. The molecule has 0 aliphatic carbocycles. The molecule has 0 saturated heterocycles. The van der Waals surface area contributed by atoms with Crippen molar-refractivity contribution >= 4 is 0 Å². The molecule has 0 radical (unpaired) electrons. The quantitative estimate of drug-likeness (QED) is 0.730. The van der Waals surface area contributed by atoms with Gasteiger partial charge in [0, 0.05) is 12.1 Å². The number of unbranched alkanes of at least 4 members (excludes halogenated alkanes) is 1. The van der Waals surface area contributed by atoms with E-state index in [1.165, 1.54) is 24.9 Å². The highest BCUT2D eigenvalue weighted by atomic mass is 15.2. The first-order valence-corrected chi connectivity index (χ1v) is 8.10. The molecular weight excluding hydrogens is 244 g/mol. The first kappa shape index (κ1) is 17.2. The smallest absolute Gasteiger partial charge is 0.0480 e. The van der Waals surface area contributed by atoms with Crippen molar-refractivity contribution in [2.24, 2.45) is 5.92 Å². The van der Waals surface area contributed by atoms with E-state index in [1.54, 1.807) is 0 Å². The van der Waals surface area contributed by atoms with Crippen LogP contribution in [0.25, 0.3) is 0 Å². The van der Waals surface area contributed by atoms with Crippen LogP contribution < -0.4 is 5.32 Å². The second-order valence-corrected chi connectivity index (χ2v) is 6.01. The molecule has 0 saturated carbocycles. The van der Waals surface area contributed by atoms with Gasteiger partial charge in [0.25, 0.3) is 0 Å². The van der Waals surface area contributed by atoms with Gasteiger partial charge in [-0.2, -0.15) is 0 Å². The summed E-state index contributed by atoms with van der Waals surface area (Å²) in [5, 5.41) is 3.70. The summed E-state index contributed by atoms with van der Waals surface area (Å²) in [6.45, 7) is 11.3. The lowest BCUT2D eigenvalue weighted by Crippen LogP contribution is -2.46. The molecule has 0 fully saturated rings. The summed E-state index contributed by atoms with van der Waals surface area (Å²) in [6, 6.07) is 11.8. The minimum Gasteiger partial charge on any atom is -0.309 e. The molecule has 0 heterocycles. The third-order valence-corrected chi connectivity index (χ3v) is 3.98. The maximum absolute atomic E-state index is 3.70. The Morgan fingerprint density at radius 1 is 1.10 bits per heavy atom. The topological polar surface area (TPSA) is 15.3 Å². The van der Waals surface area contributed by atoms with Crippen molar-refractivity contribution in [3.05, 3.63) is 35.9 Å². The second kappa shape index (κ2) is 9.15. The molecule has 0 aromatic heterocycles. The number of hydrogen-bond donors (Lipinski definition) is 1. The number of nitrogens with one attached hydrogen (secondary N) is 1. The molecule has 2 unspecified atom stereocenters. The van der Waals surface area contributed by atoms with Crippen LogP contribution in [0.2, 0.25) is 0 Å². The van der Waals surface area contributed by atoms with Gasteiger partial charge in [-0.1, -0.05) is 64.4 Å². The van der Waals surface area contributed by atoms with E-state index in [1.807, 2.05) is 0 Å². The molecule has 20 heavy (non-hydrogen) atoms. The monoisotopic (exact) mass is 276 g/mol. The molecular formula is C18H32N2. The molecule has 0 aliphatic rings. The van der Waals surface area contributed by atoms with Crippen LogP contribution in [0, 0.1) is 5.92 Å². The van der Waals surface area contributed by atoms with Crippen LogP contribution in [-0.4, -0.2) is 31.1 Å². The Morgan fingerprint density at radius 2 is 1.75 bits per heavy atom. The third-order valence-electron chi connectivity index (χ3n) is 3.98. The fourth-order valence-corrected chi connectivity index (χ4v) is 3.02. The lowest BCUT2D eigenvalue weighted by atomic mass is 9.89. The highest BCUT2D eigenvalue weighted by molar-refractivity contribution is 5.21. The standard InChI is InChI=1S/C18H32N2/c1-6-8-14-20(5)18(15(3)4)17(19-7-2)16-12-10-9-11-13-16/h9-13,15,17-19H,6-8,14H2,1-5H3. The molecule has 1 rings (SSSR count). The van der Waals surface area contributed by atoms with E-state index in [2.05, 4.69) is 75.3 Å². The number of likely N-dealkylation sites (N-methyl/N-ethyl adjacent to an activating group) is 2. The molecule has 0 spiro atoms. The Hall–Kier alpha value is -0.860. The van der Waals surface area contributed by atoms with Crippen LogP contribution in [0.15, 0.2) is 30.3 Å². The van der Waals surface area contributed by atoms with Gasteiger partial charge >= 0.3 is 0 Å². The van der Waals surface area contributed by atoms with Gasteiger partial charge in [0.1, 0.15) is 0 Å². The number of hydrogen-bond acceptors (Lipinski definition) is 2. The molecule has 2 atom stereocenters. The molecule has 0 bridgehead atoms. The van der Waals surface area contributed by atoms with Gasteiger partial charge in [0.2, 0.25) is 0 Å². The van der Waals surface area contributed by atoms with Crippen molar-refractivity contribution in [2.45, 2.75) is 52.6 Å². The zero-order chi connectivity index (χ0) is 15.0. The highest BCUT2D eigenvalue weighted by Gasteiger charge is 2.28. The first-order chi connectivity index (χ1) is 9.61. The lowest BCUT2D eigenvalue weighted by molar-refractivity contribution is 0.145. The van der Waals surface area contributed by atoms with Crippen LogP contribution in [0.3, 0.4) is 0 Å². The van der Waals surface area contributed by atoms with Crippen molar-refractivity contribution in [3.63, 3.8) is 0 Å². The van der Waals surface area contributed by atoms with Crippen LogP contribution in [0.1, 0.15) is 52.1 Å². The highest BCUT2D eigenvalue weighted by Crippen LogP contribution is 2.26. The van der Waals surface area contributed by atoms with E-state index < -0.39 is 0 Å². The van der Waals surface area contributed by atoms with Crippen LogP contribution in [-0.2, 0) is 0 Å². The van der Waals surface area contributed by atoms with Gasteiger partial charge in [-0.3, -0.25) is 0 Å². The average Bonchev–Trinajstić information content (AvgIpc) is 2.45. The van der Waals surface area contributed by atoms with Crippen molar-refractivity contribution in [3.8, 4) is 0 Å². The Balaban J connectivity index is 2.94. The van der Waals surface area contributed by atoms with Gasteiger partial charge < -0.3 is 10.2 Å². The average molecular weight is 276 g/mol. The van der Waals surface area contributed by atoms with E-state index in [0.717, 1.165) is 6.54 Å². The maximum Gasteiger partial charge on any atom is 0.0480 e. The van der Waals surface area contributed by atoms with E-state index in [0.29, 0.717) is 18.0 Å². The van der Waals surface area contributed by atoms with E-state index in [4.69, 9.17) is 0 Å². The second-order valence-electron chi connectivity index (χ2n) is 6.01. The van der Waals surface area contributed by atoms with Gasteiger partial charge in [-0.25, -0.2) is 0 Å². The Labute approximate surface area is 125 Å². The molecule has 0 amide bonds. The summed E-state index contributed by atoms with van der Waals surface area (Å²) in [6.07, 6.45) is 2.53. The van der Waals surface area contributed by atoms with Crippen LogP contribution >= 0.6 is 0 Å². The summed E-state index contributed by atoms with van der Waals surface area (Å²) >= 11 is 0.